The van der Waals surface area contributed by atoms with E-state index in [1.54, 1.807) is 12.5 Å². The zero-order valence-electron chi connectivity index (χ0n) is 9.19. The molecule has 17 heavy (non-hydrogen) atoms. The Kier molecular flexibility index (Phi) is 2.84. The van der Waals surface area contributed by atoms with Gasteiger partial charge in [-0.15, -0.1) is 0 Å². The Morgan fingerprint density at radius 3 is 3.00 bits per heavy atom. The van der Waals surface area contributed by atoms with Gasteiger partial charge in [-0.2, -0.15) is 0 Å². The number of halogens is 1. The Morgan fingerprint density at radius 1 is 1.41 bits per heavy atom. The average Bonchev–Trinajstić information content (AvgIpc) is 3.04. The van der Waals surface area contributed by atoms with Crippen LogP contribution in [0.1, 0.15) is 30.1 Å². The number of hydrogen-bond acceptors (Lipinski definition) is 4. The summed E-state index contributed by atoms with van der Waals surface area (Å²) in [4.78, 5) is 8.90. The van der Waals surface area contributed by atoms with Gasteiger partial charge in [-0.1, -0.05) is 0 Å². The first-order chi connectivity index (χ1) is 8.31. The number of aromatic nitrogens is 2. The fourth-order valence-corrected chi connectivity index (χ4v) is 2.03. The molecule has 1 aliphatic rings. The molecular formula is C12H12BrN3O. The average molecular weight is 294 g/mol. The molecule has 0 amide bonds. The van der Waals surface area contributed by atoms with Gasteiger partial charge >= 0.3 is 0 Å². The van der Waals surface area contributed by atoms with Gasteiger partial charge in [0.25, 0.3) is 0 Å². The highest BCUT2D eigenvalue weighted by Gasteiger charge is 2.27. The van der Waals surface area contributed by atoms with Crippen molar-refractivity contribution < 1.29 is 4.42 Å². The van der Waals surface area contributed by atoms with Crippen LogP contribution in [-0.2, 0) is 6.54 Å². The van der Waals surface area contributed by atoms with Gasteiger partial charge in [-0.05, 0) is 34.8 Å². The molecule has 3 rings (SSSR count). The highest BCUT2D eigenvalue weighted by Crippen LogP contribution is 2.38. The highest BCUT2D eigenvalue weighted by molar-refractivity contribution is 9.10. The summed E-state index contributed by atoms with van der Waals surface area (Å²) >= 11 is 3.42. The zero-order chi connectivity index (χ0) is 11.7. The minimum atomic E-state index is 0.557. The van der Waals surface area contributed by atoms with Crippen molar-refractivity contribution in [3.05, 3.63) is 40.7 Å². The van der Waals surface area contributed by atoms with Crippen molar-refractivity contribution in [3.8, 4) is 0 Å². The molecule has 1 fully saturated rings. The maximum Gasteiger partial charge on any atom is 0.135 e. The monoisotopic (exact) mass is 293 g/mol. The molecule has 0 spiro atoms. The third kappa shape index (κ3) is 2.66. The van der Waals surface area contributed by atoms with Crippen molar-refractivity contribution in [1.29, 1.82) is 0 Å². The summed E-state index contributed by atoms with van der Waals surface area (Å²) in [7, 11) is 0. The first kappa shape index (κ1) is 10.8. The molecule has 0 radical (unpaired) electrons. The lowest BCUT2D eigenvalue weighted by Gasteiger charge is -2.06. The van der Waals surface area contributed by atoms with Crippen LogP contribution in [0.15, 0.2) is 33.7 Å². The molecule has 2 aromatic heterocycles. The summed E-state index contributed by atoms with van der Waals surface area (Å²) in [6.45, 7) is 0.712. The summed E-state index contributed by atoms with van der Waals surface area (Å²) in [6.07, 6.45) is 5.81. The van der Waals surface area contributed by atoms with Gasteiger partial charge in [0.15, 0.2) is 0 Å². The van der Waals surface area contributed by atoms with Crippen LogP contribution in [0.3, 0.4) is 0 Å². The van der Waals surface area contributed by atoms with Crippen molar-refractivity contribution in [2.24, 2.45) is 0 Å². The highest BCUT2D eigenvalue weighted by atomic mass is 79.9. The van der Waals surface area contributed by atoms with E-state index in [1.165, 1.54) is 12.8 Å². The molecule has 0 aliphatic heterocycles. The summed E-state index contributed by atoms with van der Waals surface area (Å²) in [6, 6.07) is 3.83. The first-order valence-corrected chi connectivity index (χ1v) is 6.40. The minimum Gasteiger partial charge on any atom is -0.472 e. The zero-order valence-corrected chi connectivity index (χ0v) is 10.8. The van der Waals surface area contributed by atoms with Gasteiger partial charge in [-0.3, -0.25) is 0 Å². The Bertz CT molecular complexity index is 508. The third-order valence-electron chi connectivity index (χ3n) is 2.71. The van der Waals surface area contributed by atoms with Crippen LogP contribution >= 0.6 is 15.9 Å². The molecule has 1 aliphatic carbocycles. The van der Waals surface area contributed by atoms with Gasteiger partial charge in [0, 0.05) is 24.1 Å². The van der Waals surface area contributed by atoms with Crippen LogP contribution in [0.2, 0.25) is 0 Å². The fraction of sp³-hybridized carbons (Fsp3) is 0.333. The van der Waals surface area contributed by atoms with Crippen molar-refractivity contribution in [2.75, 3.05) is 5.32 Å². The maximum atomic E-state index is 5.02. The summed E-state index contributed by atoms with van der Waals surface area (Å²) < 4.78 is 5.85. The van der Waals surface area contributed by atoms with Crippen molar-refractivity contribution >= 4 is 21.7 Å². The van der Waals surface area contributed by atoms with E-state index < -0.39 is 0 Å². The van der Waals surface area contributed by atoms with Crippen LogP contribution in [-0.4, -0.2) is 9.97 Å². The van der Waals surface area contributed by atoms with E-state index in [-0.39, 0.29) is 0 Å². The van der Waals surface area contributed by atoms with E-state index in [2.05, 4.69) is 31.2 Å². The van der Waals surface area contributed by atoms with Crippen LogP contribution in [0.4, 0.5) is 5.82 Å². The SMILES string of the molecule is Brc1cc(NCc2ccoc2)nc(C2CC2)n1. The number of anilines is 1. The van der Waals surface area contributed by atoms with E-state index in [1.807, 2.05) is 12.1 Å². The second-order valence-electron chi connectivity index (χ2n) is 4.19. The summed E-state index contributed by atoms with van der Waals surface area (Å²) in [5.74, 6) is 2.35. The first-order valence-electron chi connectivity index (χ1n) is 5.61. The van der Waals surface area contributed by atoms with Gasteiger partial charge in [0.2, 0.25) is 0 Å². The lowest BCUT2D eigenvalue weighted by atomic mass is 10.3. The predicted molar refractivity (Wildman–Crippen MR) is 67.7 cm³/mol. The number of hydrogen-bond donors (Lipinski definition) is 1. The molecular weight excluding hydrogens is 282 g/mol. The Balaban J connectivity index is 1.73. The lowest BCUT2D eigenvalue weighted by molar-refractivity contribution is 0.564. The molecule has 0 atom stereocenters. The number of nitrogens with one attached hydrogen (secondary N) is 1. The van der Waals surface area contributed by atoms with E-state index >= 15 is 0 Å². The smallest absolute Gasteiger partial charge is 0.135 e. The molecule has 5 heteroatoms. The normalized spacial score (nSPS) is 14.9. The van der Waals surface area contributed by atoms with Crippen molar-refractivity contribution in [3.63, 3.8) is 0 Å². The van der Waals surface area contributed by atoms with Crippen LogP contribution in [0, 0.1) is 0 Å². The topological polar surface area (TPSA) is 51.0 Å². The van der Waals surface area contributed by atoms with Gasteiger partial charge in [0.05, 0.1) is 12.5 Å². The van der Waals surface area contributed by atoms with Crippen LogP contribution in [0.5, 0.6) is 0 Å². The molecule has 2 heterocycles. The van der Waals surface area contributed by atoms with Gasteiger partial charge in [-0.25, -0.2) is 9.97 Å². The quantitative estimate of drug-likeness (QED) is 0.879. The maximum absolute atomic E-state index is 5.02. The second-order valence-corrected chi connectivity index (χ2v) is 5.01. The second kappa shape index (κ2) is 4.49. The van der Waals surface area contributed by atoms with E-state index in [4.69, 9.17) is 4.42 Å². The minimum absolute atomic E-state index is 0.557. The summed E-state index contributed by atoms with van der Waals surface area (Å²) in [5, 5.41) is 3.27. The van der Waals surface area contributed by atoms with E-state index in [0.29, 0.717) is 12.5 Å². The molecule has 4 nitrogen and oxygen atoms in total. The molecule has 1 N–H and O–H groups in total. The Labute approximate surface area is 108 Å². The third-order valence-corrected chi connectivity index (χ3v) is 3.11. The molecule has 0 bridgehead atoms. The fourth-order valence-electron chi connectivity index (χ4n) is 1.64. The lowest BCUT2D eigenvalue weighted by Crippen LogP contribution is -2.03. The van der Waals surface area contributed by atoms with E-state index in [0.717, 1.165) is 21.8 Å². The molecule has 0 saturated heterocycles. The molecule has 88 valence electrons. The van der Waals surface area contributed by atoms with Crippen molar-refractivity contribution in [2.45, 2.75) is 25.3 Å². The number of nitrogens with zero attached hydrogens (tertiary/aromatic N) is 2. The van der Waals surface area contributed by atoms with Crippen molar-refractivity contribution in [1.82, 2.24) is 9.97 Å². The number of rotatable bonds is 4. The Hall–Kier alpha value is -1.36. The summed E-state index contributed by atoms with van der Waals surface area (Å²) in [5.41, 5.74) is 1.10. The van der Waals surface area contributed by atoms with E-state index in [9.17, 15) is 0 Å². The van der Waals surface area contributed by atoms with Gasteiger partial charge in [0.1, 0.15) is 16.2 Å². The molecule has 0 aromatic carbocycles. The standard InChI is InChI=1S/C12H12BrN3O/c13-10-5-11(14-6-8-3-4-17-7-8)16-12(15-10)9-1-2-9/h3-5,7,9H,1-2,6H2,(H,14,15,16). The van der Waals surface area contributed by atoms with Crippen LogP contribution in [0.25, 0.3) is 0 Å². The van der Waals surface area contributed by atoms with Crippen LogP contribution < -0.4 is 5.32 Å². The largest absolute Gasteiger partial charge is 0.472 e. The molecule has 2 aromatic rings. The number of furan rings is 1. The Morgan fingerprint density at radius 2 is 2.29 bits per heavy atom. The van der Waals surface area contributed by atoms with Gasteiger partial charge < -0.3 is 9.73 Å². The predicted octanol–water partition coefficient (Wildman–Crippen LogP) is 3.32. The molecule has 1 saturated carbocycles. The molecule has 0 unspecified atom stereocenters.